The average molecular weight is 473 g/mol. The lowest BCUT2D eigenvalue weighted by atomic mass is 9.95. The maximum Gasteiger partial charge on any atom is 0.144 e. The van der Waals surface area contributed by atoms with Gasteiger partial charge in [0.25, 0.3) is 0 Å². The highest BCUT2D eigenvalue weighted by molar-refractivity contribution is 6.88. The highest BCUT2D eigenvalue weighted by Crippen LogP contribution is 2.47. The predicted molar refractivity (Wildman–Crippen MR) is 151 cm³/mol. The van der Waals surface area contributed by atoms with Crippen LogP contribution in [0.3, 0.4) is 0 Å². The number of hydrogen-bond donors (Lipinski definition) is 0. The molecule has 35 heavy (non-hydrogen) atoms. The van der Waals surface area contributed by atoms with E-state index in [-0.39, 0.29) is 5.54 Å². The first kappa shape index (κ1) is 20.7. The van der Waals surface area contributed by atoms with E-state index in [9.17, 15) is 0 Å². The van der Waals surface area contributed by atoms with Crippen molar-refractivity contribution in [2.75, 3.05) is 0 Å². The van der Waals surface area contributed by atoms with Crippen molar-refractivity contribution in [2.24, 2.45) is 0 Å². The second kappa shape index (κ2) is 6.73. The summed E-state index contributed by atoms with van der Waals surface area (Å²) < 4.78 is 9.14. The highest BCUT2D eigenvalue weighted by Gasteiger charge is 2.29. The maximum atomic E-state index is 6.65. The van der Waals surface area contributed by atoms with E-state index in [1.165, 1.54) is 37.9 Å². The van der Waals surface area contributed by atoms with E-state index in [1.54, 1.807) is 0 Å². The first-order valence-electron chi connectivity index (χ1n) is 12.3. The Bertz CT molecular complexity index is 1840. The Morgan fingerprint density at radius 2 is 1.69 bits per heavy atom. The normalized spacial score (nSPS) is 15.1. The Kier molecular flexibility index (Phi) is 3.99. The number of hydrogen-bond acceptors (Lipinski definition) is 2. The summed E-state index contributed by atoms with van der Waals surface area (Å²) in [4.78, 5) is 4.87. The molecule has 0 bridgehead atoms. The van der Waals surface area contributed by atoms with Crippen molar-refractivity contribution in [3.8, 4) is 11.3 Å². The van der Waals surface area contributed by atoms with Crippen LogP contribution in [-0.2, 0) is 5.54 Å². The maximum absolute atomic E-state index is 6.65. The number of aromatic nitrogens is 2. The lowest BCUT2D eigenvalue weighted by Gasteiger charge is -2.29. The molecule has 0 fully saturated rings. The number of fused-ring (bicyclic) bond motifs is 7. The molecule has 0 amide bonds. The van der Waals surface area contributed by atoms with Gasteiger partial charge in [-0.15, -0.1) is 0 Å². The Morgan fingerprint density at radius 3 is 2.46 bits per heavy atom. The predicted octanol–water partition coefficient (Wildman–Crippen LogP) is 8.06. The van der Waals surface area contributed by atoms with E-state index in [2.05, 4.69) is 117 Å². The van der Waals surface area contributed by atoms with Gasteiger partial charge in [0.1, 0.15) is 11.2 Å². The fraction of sp³-hybridized carbons (Fsp3) is 0.194. The molecule has 0 saturated heterocycles. The number of furan rings is 1. The van der Waals surface area contributed by atoms with E-state index in [0.717, 1.165) is 27.8 Å². The molecule has 0 atom stereocenters. The van der Waals surface area contributed by atoms with Gasteiger partial charge in [0, 0.05) is 44.4 Å². The van der Waals surface area contributed by atoms with Crippen LogP contribution in [0, 0.1) is 0 Å². The number of allylic oxidation sites excluding steroid dienone is 1. The van der Waals surface area contributed by atoms with Gasteiger partial charge < -0.3 is 8.98 Å². The molecule has 3 aromatic carbocycles. The Labute approximate surface area is 205 Å². The summed E-state index contributed by atoms with van der Waals surface area (Å²) in [5.41, 5.74) is 7.51. The van der Waals surface area contributed by atoms with Crippen molar-refractivity contribution in [3.63, 3.8) is 0 Å². The minimum atomic E-state index is -1.40. The number of benzene rings is 3. The Balaban J connectivity index is 1.60. The third kappa shape index (κ3) is 2.80. The first-order valence-corrected chi connectivity index (χ1v) is 15.8. The van der Waals surface area contributed by atoms with Gasteiger partial charge >= 0.3 is 0 Å². The molecule has 0 N–H and O–H groups in total. The summed E-state index contributed by atoms with van der Waals surface area (Å²) in [7, 11) is -1.40. The fourth-order valence-electron chi connectivity index (χ4n) is 5.77. The van der Waals surface area contributed by atoms with Crippen LogP contribution in [0.25, 0.3) is 61.1 Å². The summed E-state index contributed by atoms with van der Waals surface area (Å²) in [6.45, 7) is 11.6. The summed E-state index contributed by atoms with van der Waals surface area (Å²) in [6.07, 6.45) is 6.61. The van der Waals surface area contributed by atoms with Crippen LogP contribution < -0.4 is 5.19 Å². The van der Waals surface area contributed by atoms with E-state index in [0.29, 0.717) is 0 Å². The number of pyridine rings is 1. The molecule has 3 nitrogen and oxygen atoms in total. The Hall–Kier alpha value is -3.63. The number of para-hydroxylation sites is 2. The van der Waals surface area contributed by atoms with Gasteiger partial charge in [0.2, 0.25) is 0 Å². The van der Waals surface area contributed by atoms with E-state index in [4.69, 9.17) is 9.40 Å². The van der Waals surface area contributed by atoms with Gasteiger partial charge in [0.05, 0.1) is 24.8 Å². The standard InChI is InChI=1S/C31H28N2OSi/c1-31(2)16-15-19-17-26-27(28-22-9-6-7-12-25(22)33(31)29(19)28)23-11-8-10-21(30(23)34-26)24-14-13-20(18-32-24)35(3,4)5/h6-18H,1-5H3. The van der Waals surface area contributed by atoms with Gasteiger partial charge in [0.15, 0.2) is 0 Å². The molecular weight excluding hydrogens is 444 g/mol. The smallest absolute Gasteiger partial charge is 0.144 e. The van der Waals surface area contributed by atoms with Crippen molar-refractivity contribution in [2.45, 2.75) is 39.0 Å². The molecule has 4 heteroatoms. The van der Waals surface area contributed by atoms with Crippen LogP contribution >= 0.6 is 0 Å². The topological polar surface area (TPSA) is 31.0 Å². The van der Waals surface area contributed by atoms with Gasteiger partial charge in [-0.1, -0.05) is 68.2 Å². The molecule has 0 radical (unpaired) electrons. The van der Waals surface area contributed by atoms with Gasteiger partial charge in [-0.25, -0.2) is 0 Å². The molecule has 0 aliphatic carbocycles. The lowest BCUT2D eigenvalue weighted by molar-refractivity contribution is 0.484. The molecule has 1 aliphatic heterocycles. The van der Waals surface area contributed by atoms with Gasteiger partial charge in [-0.05, 0) is 43.3 Å². The molecule has 3 aromatic heterocycles. The fourth-order valence-corrected chi connectivity index (χ4v) is 6.80. The zero-order valence-electron chi connectivity index (χ0n) is 20.8. The Morgan fingerprint density at radius 1 is 0.886 bits per heavy atom. The summed E-state index contributed by atoms with van der Waals surface area (Å²) in [6, 6.07) is 21.8. The first-order chi connectivity index (χ1) is 16.7. The monoisotopic (exact) mass is 472 g/mol. The average Bonchev–Trinajstić information content (AvgIpc) is 3.38. The van der Waals surface area contributed by atoms with Crippen LogP contribution in [0.2, 0.25) is 19.6 Å². The minimum Gasteiger partial charge on any atom is -0.455 e. The number of nitrogens with zero attached hydrogens (tertiary/aromatic N) is 2. The van der Waals surface area contributed by atoms with Gasteiger partial charge in [-0.3, -0.25) is 4.98 Å². The zero-order valence-corrected chi connectivity index (χ0v) is 21.8. The SMILES string of the molecule is CC1(C)C=Cc2cc3oc4c(-c5ccc([Si](C)(C)C)cn5)cccc4c3c3c4ccccc4n1c23. The molecule has 0 unspecified atom stereocenters. The molecular formula is C31H28N2OSi. The lowest BCUT2D eigenvalue weighted by Crippen LogP contribution is -2.37. The molecule has 1 aliphatic rings. The van der Waals surface area contributed by atoms with Crippen molar-refractivity contribution in [1.82, 2.24) is 9.55 Å². The highest BCUT2D eigenvalue weighted by atomic mass is 28.3. The third-order valence-corrected chi connectivity index (χ3v) is 9.61. The quantitative estimate of drug-likeness (QED) is 0.239. The second-order valence-electron chi connectivity index (χ2n) is 11.4. The van der Waals surface area contributed by atoms with Gasteiger partial charge in [-0.2, -0.15) is 0 Å². The van der Waals surface area contributed by atoms with E-state index < -0.39 is 8.07 Å². The summed E-state index contributed by atoms with van der Waals surface area (Å²) in [5.74, 6) is 0. The molecule has 172 valence electrons. The van der Waals surface area contributed by atoms with Crippen molar-refractivity contribution >= 4 is 63.1 Å². The van der Waals surface area contributed by atoms with E-state index in [1.807, 2.05) is 0 Å². The molecule has 0 spiro atoms. The molecule has 0 saturated carbocycles. The summed E-state index contributed by atoms with van der Waals surface area (Å²) >= 11 is 0. The minimum absolute atomic E-state index is 0.102. The second-order valence-corrected chi connectivity index (χ2v) is 16.4. The van der Waals surface area contributed by atoms with Crippen molar-refractivity contribution in [3.05, 3.63) is 78.5 Å². The van der Waals surface area contributed by atoms with Crippen LogP contribution in [0.5, 0.6) is 0 Å². The van der Waals surface area contributed by atoms with Crippen LogP contribution in [0.1, 0.15) is 19.4 Å². The molecule has 4 heterocycles. The van der Waals surface area contributed by atoms with Crippen LogP contribution in [0.15, 0.2) is 77.4 Å². The van der Waals surface area contributed by atoms with Crippen LogP contribution in [0.4, 0.5) is 0 Å². The van der Waals surface area contributed by atoms with Crippen LogP contribution in [-0.4, -0.2) is 17.6 Å². The largest absolute Gasteiger partial charge is 0.455 e. The summed E-state index contributed by atoms with van der Waals surface area (Å²) in [5, 5.41) is 6.26. The molecule has 7 rings (SSSR count). The van der Waals surface area contributed by atoms with Crippen molar-refractivity contribution in [1.29, 1.82) is 0 Å². The zero-order chi connectivity index (χ0) is 24.1. The van der Waals surface area contributed by atoms with Crippen molar-refractivity contribution < 1.29 is 4.42 Å². The number of rotatable bonds is 2. The third-order valence-electron chi connectivity index (χ3n) is 7.58. The molecule has 6 aromatic rings. The van der Waals surface area contributed by atoms with E-state index >= 15 is 0 Å².